The number of hydrogen-bond acceptors (Lipinski definition) is 7. The molecule has 0 aromatic carbocycles. The molecule has 0 aromatic heterocycles. The number of carbonyl (C=O) groups is 2. The number of carbonyl (C=O) groups excluding carboxylic acids is 2. The number of alkyl carbamates (subject to hydrolysis) is 1. The van der Waals surface area contributed by atoms with E-state index in [4.69, 9.17) is 18.9 Å². The van der Waals surface area contributed by atoms with E-state index in [1.54, 1.807) is 11.8 Å². The second kappa shape index (κ2) is 7.78. The zero-order chi connectivity index (χ0) is 18.8. The van der Waals surface area contributed by atoms with Gasteiger partial charge in [-0.2, -0.15) is 0 Å². The Hall–Kier alpha value is -1.25. The minimum atomic E-state index is -0.572. The Bertz CT molecular complexity index is 580. The second-order valence-corrected chi connectivity index (χ2v) is 8.93. The van der Waals surface area contributed by atoms with Gasteiger partial charge in [0.05, 0.1) is 19.3 Å². The van der Waals surface area contributed by atoms with Gasteiger partial charge in [-0.3, -0.25) is 4.79 Å². The van der Waals surface area contributed by atoms with Crippen LogP contribution in [0, 0.1) is 5.41 Å². The highest BCUT2D eigenvalue weighted by Gasteiger charge is 2.41. The van der Waals surface area contributed by atoms with Gasteiger partial charge in [0.2, 0.25) is 0 Å². The molecule has 1 N–H and O–H groups in total. The summed E-state index contributed by atoms with van der Waals surface area (Å²) in [6.07, 6.45) is 3.39. The number of fused-ring (bicyclic) bond motifs is 1. The highest BCUT2D eigenvalue weighted by molar-refractivity contribution is 8.03. The summed E-state index contributed by atoms with van der Waals surface area (Å²) in [4.78, 5) is 24.3. The summed E-state index contributed by atoms with van der Waals surface area (Å²) in [5.41, 5.74) is -0.304. The molecular weight excluding hydrogens is 358 g/mol. The van der Waals surface area contributed by atoms with Crippen LogP contribution in [0.1, 0.15) is 40.0 Å². The topological polar surface area (TPSA) is 83.1 Å². The number of esters is 1. The van der Waals surface area contributed by atoms with Gasteiger partial charge in [-0.1, -0.05) is 13.0 Å². The van der Waals surface area contributed by atoms with E-state index in [1.807, 2.05) is 20.8 Å². The van der Waals surface area contributed by atoms with Gasteiger partial charge in [0.1, 0.15) is 6.61 Å². The molecule has 0 spiro atoms. The molecule has 26 heavy (non-hydrogen) atoms. The van der Waals surface area contributed by atoms with Crippen LogP contribution in [-0.4, -0.2) is 55.6 Å². The van der Waals surface area contributed by atoms with Gasteiger partial charge in [-0.05, 0) is 26.7 Å². The molecule has 3 rings (SSSR count). The van der Waals surface area contributed by atoms with E-state index in [-0.39, 0.29) is 29.6 Å². The highest BCUT2D eigenvalue weighted by Crippen LogP contribution is 2.36. The summed E-state index contributed by atoms with van der Waals surface area (Å²) < 4.78 is 21.9. The first kappa shape index (κ1) is 19.5. The Kier molecular flexibility index (Phi) is 5.84. The van der Waals surface area contributed by atoms with E-state index >= 15 is 0 Å². The molecule has 3 aliphatic rings. The first-order valence-corrected chi connectivity index (χ1v) is 9.98. The Morgan fingerprint density at radius 1 is 1.35 bits per heavy atom. The van der Waals surface area contributed by atoms with Gasteiger partial charge in [0, 0.05) is 22.5 Å². The number of hydrogen-bond donors (Lipinski definition) is 1. The van der Waals surface area contributed by atoms with E-state index in [0.29, 0.717) is 32.7 Å². The molecule has 0 aliphatic carbocycles. The second-order valence-electron chi connectivity index (χ2n) is 7.83. The summed E-state index contributed by atoms with van der Waals surface area (Å²) in [5, 5.41) is 2.79. The van der Waals surface area contributed by atoms with Crippen LogP contribution >= 0.6 is 11.8 Å². The van der Waals surface area contributed by atoms with Gasteiger partial charge in [0.15, 0.2) is 11.9 Å². The van der Waals surface area contributed by atoms with Gasteiger partial charge in [-0.25, -0.2) is 4.79 Å². The summed E-state index contributed by atoms with van der Waals surface area (Å²) in [7, 11) is 0. The van der Waals surface area contributed by atoms with Crippen molar-refractivity contribution in [2.75, 3.05) is 25.6 Å². The lowest BCUT2D eigenvalue weighted by molar-refractivity contribution is -0.287. The molecule has 0 radical (unpaired) electrons. The molecule has 0 unspecified atom stereocenters. The van der Waals surface area contributed by atoms with Gasteiger partial charge in [0.25, 0.3) is 0 Å². The van der Waals surface area contributed by atoms with Gasteiger partial charge in [-0.15, -0.1) is 11.8 Å². The van der Waals surface area contributed by atoms with E-state index in [0.717, 1.165) is 17.1 Å². The molecule has 3 fully saturated rings. The summed E-state index contributed by atoms with van der Waals surface area (Å²) in [6, 6.07) is 0.0781. The SMILES string of the molecule is CC1(COC(=O)CCC/C=C2/SC[C@@H]3NC(=O)O[C@H]23)COC(C)(C)OC1. The predicted molar refractivity (Wildman–Crippen MR) is 96.6 cm³/mol. The lowest BCUT2D eigenvalue weighted by Crippen LogP contribution is -2.47. The largest absolute Gasteiger partial charge is 0.465 e. The Labute approximate surface area is 158 Å². The maximum absolute atomic E-state index is 12.0. The fourth-order valence-corrected chi connectivity index (χ4v) is 4.21. The average molecular weight is 385 g/mol. The molecule has 0 aromatic rings. The van der Waals surface area contributed by atoms with Crippen molar-refractivity contribution >= 4 is 23.8 Å². The van der Waals surface area contributed by atoms with Crippen molar-refractivity contribution in [1.82, 2.24) is 5.32 Å². The standard InChI is InChI=1S/C18H27NO6S/c1-17(2)23-10-18(3,11-24-17)9-22-14(20)7-5-4-6-13-15-12(8-26-13)19-16(21)25-15/h6,12,15H,4-5,7-11H2,1-3H3,(H,19,21)/b13-6+/t12-,15-/m0/s1. The summed E-state index contributed by atoms with van der Waals surface area (Å²) in [5.74, 6) is 0.0571. The van der Waals surface area contributed by atoms with Crippen LogP contribution in [0.5, 0.6) is 0 Å². The zero-order valence-electron chi connectivity index (χ0n) is 15.5. The maximum Gasteiger partial charge on any atom is 0.408 e. The zero-order valence-corrected chi connectivity index (χ0v) is 16.4. The minimum absolute atomic E-state index is 0.0781. The van der Waals surface area contributed by atoms with Crippen molar-refractivity contribution in [3.05, 3.63) is 11.0 Å². The molecule has 0 saturated carbocycles. The normalized spacial score (nSPS) is 30.6. The van der Waals surface area contributed by atoms with Crippen LogP contribution in [-0.2, 0) is 23.7 Å². The Balaban J connectivity index is 1.33. The van der Waals surface area contributed by atoms with Crippen molar-refractivity contribution in [2.24, 2.45) is 5.41 Å². The van der Waals surface area contributed by atoms with Crippen molar-refractivity contribution in [3.63, 3.8) is 0 Å². The average Bonchev–Trinajstić information content (AvgIpc) is 3.13. The molecule has 3 aliphatic heterocycles. The third-order valence-corrected chi connectivity index (χ3v) is 5.92. The Morgan fingerprint density at radius 2 is 2.08 bits per heavy atom. The van der Waals surface area contributed by atoms with Crippen molar-refractivity contribution in [1.29, 1.82) is 0 Å². The van der Waals surface area contributed by atoms with Crippen molar-refractivity contribution in [2.45, 2.75) is 58.0 Å². The molecule has 2 atom stereocenters. The van der Waals surface area contributed by atoms with E-state index in [2.05, 4.69) is 11.4 Å². The third kappa shape index (κ3) is 4.92. The number of allylic oxidation sites excluding steroid dienone is 1. The fraction of sp³-hybridized carbons (Fsp3) is 0.778. The van der Waals surface area contributed by atoms with E-state index < -0.39 is 5.79 Å². The quantitative estimate of drug-likeness (QED) is 0.556. The van der Waals surface area contributed by atoms with Gasteiger partial charge < -0.3 is 24.3 Å². The lowest BCUT2D eigenvalue weighted by atomic mass is 9.93. The fourth-order valence-electron chi connectivity index (χ4n) is 2.97. The first-order valence-electron chi connectivity index (χ1n) is 9.00. The van der Waals surface area contributed by atoms with Crippen LogP contribution in [0.25, 0.3) is 0 Å². The molecule has 1 amide bonds. The molecule has 7 nitrogen and oxygen atoms in total. The van der Waals surface area contributed by atoms with Crippen LogP contribution in [0.4, 0.5) is 4.79 Å². The predicted octanol–water partition coefficient (Wildman–Crippen LogP) is 2.60. The smallest absolute Gasteiger partial charge is 0.408 e. The van der Waals surface area contributed by atoms with E-state index in [9.17, 15) is 9.59 Å². The highest BCUT2D eigenvalue weighted by atomic mass is 32.2. The van der Waals surface area contributed by atoms with Crippen molar-refractivity contribution in [3.8, 4) is 0 Å². The molecule has 0 bridgehead atoms. The first-order chi connectivity index (χ1) is 12.3. The third-order valence-electron chi connectivity index (χ3n) is 4.66. The van der Waals surface area contributed by atoms with Crippen LogP contribution in [0.2, 0.25) is 0 Å². The number of rotatable bonds is 6. The molecular formula is C18H27NO6S. The maximum atomic E-state index is 12.0. The number of nitrogens with one attached hydrogen (secondary N) is 1. The monoisotopic (exact) mass is 385 g/mol. The molecule has 146 valence electrons. The number of unbranched alkanes of at least 4 members (excludes halogenated alkanes) is 1. The van der Waals surface area contributed by atoms with Gasteiger partial charge >= 0.3 is 12.1 Å². The van der Waals surface area contributed by atoms with Crippen LogP contribution < -0.4 is 5.32 Å². The summed E-state index contributed by atoms with van der Waals surface area (Å²) >= 11 is 1.70. The van der Waals surface area contributed by atoms with Crippen LogP contribution in [0.3, 0.4) is 0 Å². The molecule has 3 heterocycles. The number of thioether (sulfide) groups is 1. The Morgan fingerprint density at radius 3 is 2.81 bits per heavy atom. The number of ether oxygens (including phenoxy) is 4. The lowest BCUT2D eigenvalue weighted by Gasteiger charge is -2.40. The van der Waals surface area contributed by atoms with E-state index in [1.165, 1.54) is 0 Å². The van der Waals surface area contributed by atoms with Crippen LogP contribution in [0.15, 0.2) is 11.0 Å². The minimum Gasteiger partial charge on any atom is -0.465 e. The number of amides is 1. The van der Waals surface area contributed by atoms with Crippen molar-refractivity contribution < 1.29 is 28.5 Å². The molecule has 3 saturated heterocycles. The molecule has 8 heteroatoms. The summed E-state index contributed by atoms with van der Waals surface area (Å²) in [6.45, 7) is 7.05.